The van der Waals surface area contributed by atoms with Gasteiger partial charge in [-0.1, -0.05) is 0 Å². The second-order valence-electron chi connectivity index (χ2n) is 9.23. The third-order valence-corrected chi connectivity index (χ3v) is 6.89. The molecule has 0 aromatic carbocycles. The van der Waals surface area contributed by atoms with Crippen LogP contribution in [0.2, 0.25) is 0 Å². The zero-order valence-corrected chi connectivity index (χ0v) is 18.1. The maximum absolute atomic E-state index is 13.1. The largest absolute Gasteiger partial charge is 0.433 e. The molecular formula is C21H23F3N8O. The molecule has 3 aromatic heterocycles. The summed E-state index contributed by atoms with van der Waals surface area (Å²) >= 11 is 0. The molecule has 0 radical (unpaired) electrons. The highest BCUT2D eigenvalue weighted by atomic mass is 19.4. The van der Waals surface area contributed by atoms with Crippen LogP contribution in [0.25, 0.3) is 11.0 Å². The monoisotopic (exact) mass is 460 g/mol. The third kappa shape index (κ3) is 3.56. The number of hydrogen-bond donors (Lipinski definition) is 0. The number of aryl methyl sites for hydroxylation is 1. The summed E-state index contributed by atoms with van der Waals surface area (Å²) in [7, 11) is 0. The Labute approximate surface area is 187 Å². The van der Waals surface area contributed by atoms with Gasteiger partial charge in [0.2, 0.25) is 5.95 Å². The first-order valence-electron chi connectivity index (χ1n) is 11.0. The zero-order valence-electron chi connectivity index (χ0n) is 18.1. The van der Waals surface area contributed by atoms with Crippen LogP contribution in [-0.2, 0) is 10.9 Å². The number of alkyl halides is 3. The molecule has 0 saturated carbocycles. The average molecular weight is 460 g/mol. The Morgan fingerprint density at radius 3 is 2.45 bits per heavy atom. The van der Waals surface area contributed by atoms with Crippen molar-refractivity contribution in [1.82, 2.24) is 29.7 Å². The molecule has 174 valence electrons. The van der Waals surface area contributed by atoms with Crippen LogP contribution < -0.4 is 9.80 Å². The summed E-state index contributed by atoms with van der Waals surface area (Å²) in [5.74, 6) is 1.18. The van der Waals surface area contributed by atoms with E-state index in [0.717, 1.165) is 43.0 Å². The summed E-state index contributed by atoms with van der Waals surface area (Å²) in [6.07, 6.45) is 0.975. The van der Waals surface area contributed by atoms with Gasteiger partial charge in [0, 0.05) is 43.9 Å². The van der Waals surface area contributed by atoms with Gasteiger partial charge >= 0.3 is 6.18 Å². The molecule has 0 unspecified atom stereocenters. The number of anilines is 2. The molecular weight excluding hydrogens is 437 g/mol. The molecule has 3 aromatic rings. The zero-order chi connectivity index (χ0) is 22.8. The Balaban J connectivity index is 1.13. The van der Waals surface area contributed by atoms with Crippen molar-refractivity contribution in [3.8, 4) is 0 Å². The minimum atomic E-state index is -4.47. The van der Waals surface area contributed by atoms with Gasteiger partial charge < -0.3 is 14.5 Å². The van der Waals surface area contributed by atoms with E-state index in [9.17, 15) is 13.2 Å². The lowest BCUT2D eigenvalue weighted by atomic mass is 9.72. The van der Waals surface area contributed by atoms with E-state index >= 15 is 0 Å². The lowest BCUT2D eigenvalue weighted by Crippen LogP contribution is -2.61. The van der Waals surface area contributed by atoms with Crippen LogP contribution in [0.4, 0.5) is 24.9 Å². The van der Waals surface area contributed by atoms with E-state index in [2.05, 4.69) is 25.0 Å². The molecule has 0 bridgehead atoms. The van der Waals surface area contributed by atoms with Gasteiger partial charge in [-0.15, -0.1) is 0 Å². The van der Waals surface area contributed by atoms with Crippen LogP contribution in [0.15, 0.2) is 18.5 Å². The molecule has 12 heteroatoms. The van der Waals surface area contributed by atoms with Crippen LogP contribution in [0, 0.1) is 12.3 Å². The van der Waals surface area contributed by atoms with E-state index in [1.807, 2.05) is 15.8 Å². The third-order valence-electron chi connectivity index (χ3n) is 6.89. The molecule has 0 N–H and O–H groups in total. The van der Waals surface area contributed by atoms with E-state index in [4.69, 9.17) is 9.72 Å². The minimum Gasteiger partial charge on any atom is -0.377 e. The van der Waals surface area contributed by atoms with Gasteiger partial charge in [0.05, 0.1) is 24.8 Å². The maximum atomic E-state index is 13.1. The molecule has 6 heterocycles. The van der Waals surface area contributed by atoms with Gasteiger partial charge in [-0.25, -0.2) is 19.6 Å². The average Bonchev–Trinajstić information content (AvgIpc) is 3.12. The van der Waals surface area contributed by atoms with Crippen molar-refractivity contribution in [3.05, 3.63) is 30.0 Å². The standard InChI is InChI=1S/C21H23F3N8O/c1-13-27-16(21(22,23)24)6-17(28-13)31-11-20(12-31)2-4-30(5-3-20)19-25-7-14-8-26-32(18(14)29-19)15-9-33-10-15/h6-8,15H,2-5,9-12H2,1H3. The maximum Gasteiger partial charge on any atom is 0.433 e. The van der Waals surface area contributed by atoms with Crippen LogP contribution in [0.5, 0.6) is 0 Å². The van der Waals surface area contributed by atoms with Crippen molar-refractivity contribution in [1.29, 1.82) is 0 Å². The number of aromatic nitrogens is 6. The second kappa shape index (κ2) is 7.24. The lowest BCUT2D eigenvalue weighted by molar-refractivity contribution is -0.141. The van der Waals surface area contributed by atoms with Crippen LogP contribution in [0.3, 0.4) is 0 Å². The van der Waals surface area contributed by atoms with Gasteiger partial charge in [0.1, 0.15) is 23.4 Å². The first-order valence-corrected chi connectivity index (χ1v) is 11.0. The summed E-state index contributed by atoms with van der Waals surface area (Å²) in [6.45, 7) is 5.79. The fourth-order valence-corrected chi connectivity index (χ4v) is 4.89. The molecule has 0 atom stereocenters. The van der Waals surface area contributed by atoms with E-state index in [0.29, 0.717) is 38.1 Å². The number of hydrogen-bond acceptors (Lipinski definition) is 8. The highest BCUT2D eigenvalue weighted by Gasteiger charge is 2.46. The topological polar surface area (TPSA) is 85.1 Å². The molecule has 1 spiro atoms. The van der Waals surface area contributed by atoms with Crippen molar-refractivity contribution >= 4 is 22.8 Å². The van der Waals surface area contributed by atoms with Gasteiger partial charge in [-0.3, -0.25) is 0 Å². The molecule has 6 rings (SSSR count). The first-order chi connectivity index (χ1) is 15.8. The predicted molar refractivity (Wildman–Crippen MR) is 113 cm³/mol. The van der Waals surface area contributed by atoms with Crippen LogP contribution >= 0.6 is 0 Å². The van der Waals surface area contributed by atoms with Crippen molar-refractivity contribution < 1.29 is 17.9 Å². The number of rotatable bonds is 3. The van der Waals surface area contributed by atoms with E-state index in [1.54, 1.807) is 6.20 Å². The smallest absolute Gasteiger partial charge is 0.377 e. The molecule has 3 fully saturated rings. The number of nitrogens with zero attached hydrogens (tertiary/aromatic N) is 8. The highest BCUT2D eigenvalue weighted by molar-refractivity contribution is 5.74. The Morgan fingerprint density at radius 1 is 1.03 bits per heavy atom. The predicted octanol–water partition coefficient (Wildman–Crippen LogP) is 2.62. The van der Waals surface area contributed by atoms with Gasteiger partial charge in [0.15, 0.2) is 5.65 Å². The lowest BCUT2D eigenvalue weighted by Gasteiger charge is -2.54. The Hall–Kier alpha value is -3.02. The van der Waals surface area contributed by atoms with Crippen molar-refractivity contribution in [3.63, 3.8) is 0 Å². The normalized spacial score (nSPS) is 20.8. The van der Waals surface area contributed by atoms with Gasteiger partial charge in [0.25, 0.3) is 0 Å². The summed E-state index contributed by atoms with van der Waals surface area (Å²) < 4.78 is 46.6. The van der Waals surface area contributed by atoms with Crippen molar-refractivity contribution in [2.24, 2.45) is 5.41 Å². The minimum absolute atomic E-state index is 0.0862. The van der Waals surface area contributed by atoms with E-state index in [1.165, 1.54) is 6.92 Å². The molecule has 0 amide bonds. The number of fused-ring (bicyclic) bond motifs is 1. The van der Waals surface area contributed by atoms with Gasteiger partial charge in [-0.05, 0) is 19.8 Å². The second-order valence-corrected chi connectivity index (χ2v) is 9.23. The molecule has 33 heavy (non-hydrogen) atoms. The molecule has 0 aliphatic carbocycles. The Kier molecular flexibility index (Phi) is 4.51. The van der Waals surface area contributed by atoms with Crippen LogP contribution in [0.1, 0.15) is 30.4 Å². The molecule has 3 saturated heterocycles. The quantitative estimate of drug-likeness (QED) is 0.590. The number of piperidine rings is 1. The van der Waals surface area contributed by atoms with Crippen LogP contribution in [-0.4, -0.2) is 69.1 Å². The van der Waals surface area contributed by atoms with Gasteiger partial charge in [-0.2, -0.15) is 23.3 Å². The Bertz CT molecular complexity index is 1190. The van der Waals surface area contributed by atoms with Crippen molar-refractivity contribution in [2.75, 3.05) is 49.2 Å². The van der Waals surface area contributed by atoms with E-state index < -0.39 is 11.9 Å². The molecule has 3 aliphatic heterocycles. The summed E-state index contributed by atoms with van der Waals surface area (Å²) in [5.41, 5.74) is 0.0205. The summed E-state index contributed by atoms with van der Waals surface area (Å²) in [5, 5.41) is 5.35. The molecule has 9 nitrogen and oxygen atoms in total. The first kappa shape index (κ1) is 20.6. The highest BCUT2D eigenvalue weighted by Crippen LogP contribution is 2.43. The van der Waals surface area contributed by atoms with Crippen molar-refractivity contribution in [2.45, 2.75) is 32.0 Å². The summed E-state index contributed by atoms with van der Waals surface area (Å²) in [4.78, 5) is 21.2. The fourth-order valence-electron chi connectivity index (χ4n) is 4.89. The SMILES string of the molecule is Cc1nc(N2CC3(CCN(c4ncc5cnn(C6COC6)c5n4)CC3)C2)cc(C(F)(F)F)n1. The number of halogens is 3. The Morgan fingerprint density at radius 2 is 1.79 bits per heavy atom. The fraction of sp³-hybridized carbons (Fsp3) is 0.571. The van der Waals surface area contributed by atoms with E-state index in [-0.39, 0.29) is 17.3 Å². The summed E-state index contributed by atoms with van der Waals surface area (Å²) in [6, 6.07) is 1.27. The number of ether oxygens (including phenoxy) is 1. The molecule has 3 aliphatic rings.